The summed E-state index contributed by atoms with van der Waals surface area (Å²) < 4.78 is 0. The van der Waals surface area contributed by atoms with Crippen LogP contribution in [0.4, 0.5) is 0 Å². The Bertz CT molecular complexity index is 620. The molecule has 0 bridgehead atoms. The lowest BCUT2D eigenvalue weighted by molar-refractivity contribution is 1.65. The van der Waals surface area contributed by atoms with Crippen LogP contribution in [0.3, 0.4) is 0 Å². The molecule has 0 heterocycles. The summed E-state index contributed by atoms with van der Waals surface area (Å²) in [6.07, 6.45) is 0. The zero-order chi connectivity index (χ0) is 16.5. The third-order valence-corrected chi connectivity index (χ3v) is 5.49. The van der Waals surface area contributed by atoms with E-state index in [1.54, 1.807) is 0 Å². The van der Waals surface area contributed by atoms with Crippen LogP contribution in [0, 0.1) is 0 Å². The predicted octanol–water partition coefficient (Wildman–Crippen LogP) is 2.63. The molecule has 2 nitrogen and oxygen atoms in total. The van der Waals surface area contributed by atoms with Gasteiger partial charge in [0.25, 0.3) is 0 Å². The smallest absolute Gasteiger partial charge is 0.160 e. The van der Waals surface area contributed by atoms with Gasteiger partial charge in [0.2, 0.25) is 0 Å². The first-order chi connectivity index (χ1) is 11.2. The summed E-state index contributed by atoms with van der Waals surface area (Å²) in [7, 11) is -0.446. The normalized spacial score (nSPS) is 9.78. The second kappa shape index (κ2) is 9.04. The monoisotopic (exact) mass is 338 g/mol. The minimum absolute atomic E-state index is 0.000000000000000222. The summed E-state index contributed by atoms with van der Waals surface area (Å²) >= 11 is 4.09. The first-order valence-corrected chi connectivity index (χ1v) is 8.93. The second-order valence-electron chi connectivity index (χ2n) is 4.74. The molecule has 4 heteroatoms. The van der Waals surface area contributed by atoms with E-state index in [1.165, 1.54) is 15.9 Å². The van der Waals surface area contributed by atoms with Gasteiger partial charge in [0.15, 0.2) is 5.11 Å². The zero-order valence-electron chi connectivity index (χ0n) is 12.7. The molecule has 3 aromatic carbocycles. The van der Waals surface area contributed by atoms with Crippen molar-refractivity contribution in [1.82, 2.24) is 0 Å². The van der Waals surface area contributed by atoms with Crippen molar-refractivity contribution in [1.29, 1.82) is 0 Å². The van der Waals surface area contributed by atoms with Gasteiger partial charge in [-0.25, -0.2) is 0 Å². The van der Waals surface area contributed by atoms with E-state index in [1.807, 2.05) is 0 Å². The summed E-state index contributed by atoms with van der Waals surface area (Å²) in [5.41, 5.74) is 9.24. The maximum Gasteiger partial charge on any atom is 0.160 e. The zero-order valence-corrected chi connectivity index (χ0v) is 14.4. The first-order valence-electron chi connectivity index (χ1n) is 7.18. The van der Waals surface area contributed by atoms with Gasteiger partial charge in [0, 0.05) is 0 Å². The van der Waals surface area contributed by atoms with E-state index in [-0.39, 0.29) is 5.11 Å². The van der Waals surface area contributed by atoms with E-state index < -0.39 is 7.92 Å². The SMILES string of the molecule is NC(N)=S.c1ccc(P(c2ccccc2)c2ccccc2)cc1. The maximum absolute atomic E-state index is 4.62. The molecule has 3 aromatic rings. The van der Waals surface area contributed by atoms with E-state index in [0.29, 0.717) is 0 Å². The predicted molar refractivity (Wildman–Crippen MR) is 106 cm³/mol. The molecule has 4 N–H and O–H groups in total. The van der Waals surface area contributed by atoms with Crippen LogP contribution in [0.1, 0.15) is 0 Å². The molecule has 0 saturated carbocycles. The van der Waals surface area contributed by atoms with Gasteiger partial charge < -0.3 is 11.5 Å². The van der Waals surface area contributed by atoms with Crippen molar-refractivity contribution in [3.05, 3.63) is 91.0 Å². The van der Waals surface area contributed by atoms with Crippen LogP contribution in [0.15, 0.2) is 91.0 Å². The van der Waals surface area contributed by atoms with Crippen molar-refractivity contribution in [3.63, 3.8) is 0 Å². The standard InChI is InChI=1S/C18H15P.CH4N2S/c1-4-10-16(11-5-1)19(17-12-6-2-7-13-17)18-14-8-3-9-15-18;2-1(3)4/h1-15H;(H4,2,3,4). The van der Waals surface area contributed by atoms with Gasteiger partial charge in [-0.15, -0.1) is 0 Å². The Morgan fingerprint density at radius 1 is 0.565 bits per heavy atom. The number of thiocarbonyl (C=S) groups is 1. The van der Waals surface area contributed by atoms with Gasteiger partial charge in [0.05, 0.1) is 0 Å². The highest BCUT2D eigenvalue weighted by atomic mass is 32.1. The lowest BCUT2D eigenvalue weighted by Gasteiger charge is -2.18. The second-order valence-corrected chi connectivity index (χ2v) is 7.44. The Kier molecular flexibility index (Phi) is 6.74. The molecule has 0 atom stereocenters. The van der Waals surface area contributed by atoms with Gasteiger partial charge in [-0.3, -0.25) is 0 Å². The Balaban J connectivity index is 0.000000433. The van der Waals surface area contributed by atoms with Gasteiger partial charge >= 0.3 is 0 Å². The molecule has 116 valence electrons. The van der Waals surface area contributed by atoms with E-state index >= 15 is 0 Å². The first kappa shape index (κ1) is 17.1. The summed E-state index contributed by atoms with van der Waals surface area (Å²) in [5.74, 6) is 0. The number of hydrogen-bond acceptors (Lipinski definition) is 1. The molecule has 0 radical (unpaired) electrons. The quantitative estimate of drug-likeness (QED) is 0.570. The Hall–Kier alpha value is -2.22. The van der Waals surface area contributed by atoms with Gasteiger partial charge in [-0.2, -0.15) is 0 Å². The van der Waals surface area contributed by atoms with Crippen LogP contribution < -0.4 is 27.4 Å². The van der Waals surface area contributed by atoms with Crippen LogP contribution in [-0.2, 0) is 0 Å². The van der Waals surface area contributed by atoms with Crippen LogP contribution in [0.5, 0.6) is 0 Å². The topological polar surface area (TPSA) is 52.0 Å². The highest BCUT2D eigenvalue weighted by Gasteiger charge is 2.14. The molecule has 0 saturated heterocycles. The summed E-state index contributed by atoms with van der Waals surface area (Å²) in [5, 5.41) is 4.19. The van der Waals surface area contributed by atoms with Crippen LogP contribution in [0.2, 0.25) is 0 Å². The third kappa shape index (κ3) is 5.48. The average molecular weight is 338 g/mol. The van der Waals surface area contributed by atoms with Gasteiger partial charge in [-0.1, -0.05) is 91.0 Å². The minimum Gasteiger partial charge on any atom is -0.377 e. The molecular weight excluding hydrogens is 319 g/mol. The molecule has 0 fully saturated rings. The Morgan fingerprint density at radius 2 is 0.783 bits per heavy atom. The lowest BCUT2D eigenvalue weighted by atomic mass is 10.4. The van der Waals surface area contributed by atoms with Crippen molar-refractivity contribution < 1.29 is 0 Å². The van der Waals surface area contributed by atoms with Crippen molar-refractivity contribution in [2.75, 3.05) is 0 Å². The van der Waals surface area contributed by atoms with Crippen molar-refractivity contribution in [3.8, 4) is 0 Å². The van der Waals surface area contributed by atoms with Gasteiger partial charge in [-0.05, 0) is 36.1 Å². The number of hydrogen-bond donors (Lipinski definition) is 2. The minimum atomic E-state index is -0.446. The van der Waals surface area contributed by atoms with Crippen molar-refractivity contribution in [2.45, 2.75) is 0 Å². The molecule has 0 aliphatic heterocycles. The molecule has 0 spiro atoms. The molecule has 23 heavy (non-hydrogen) atoms. The fraction of sp³-hybridized carbons (Fsp3) is 0. The highest BCUT2D eigenvalue weighted by molar-refractivity contribution is 7.80. The third-order valence-electron chi connectivity index (χ3n) is 3.04. The van der Waals surface area contributed by atoms with E-state index in [4.69, 9.17) is 0 Å². The molecular formula is C19H19N2PS. The number of nitrogens with two attached hydrogens (primary N) is 2. The lowest BCUT2D eigenvalue weighted by Crippen LogP contribution is -2.20. The van der Waals surface area contributed by atoms with Gasteiger partial charge in [0.1, 0.15) is 0 Å². The van der Waals surface area contributed by atoms with Crippen LogP contribution in [-0.4, -0.2) is 5.11 Å². The highest BCUT2D eigenvalue weighted by Crippen LogP contribution is 2.32. The van der Waals surface area contributed by atoms with E-state index in [2.05, 4.69) is 115 Å². The summed E-state index contributed by atoms with van der Waals surface area (Å²) in [6, 6.07) is 32.3. The van der Waals surface area contributed by atoms with E-state index in [9.17, 15) is 0 Å². The van der Waals surface area contributed by atoms with Crippen molar-refractivity contribution >= 4 is 41.2 Å². The Labute approximate surface area is 143 Å². The average Bonchev–Trinajstić information content (AvgIpc) is 2.58. The van der Waals surface area contributed by atoms with Crippen LogP contribution >= 0.6 is 20.1 Å². The Morgan fingerprint density at radius 3 is 1.00 bits per heavy atom. The van der Waals surface area contributed by atoms with Crippen LogP contribution in [0.25, 0.3) is 0 Å². The molecule has 0 unspecified atom stereocenters. The number of benzene rings is 3. The summed E-state index contributed by atoms with van der Waals surface area (Å²) in [4.78, 5) is 0. The molecule has 0 aliphatic rings. The molecule has 0 amide bonds. The van der Waals surface area contributed by atoms with E-state index in [0.717, 1.165) is 0 Å². The summed E-state index contributed by atoms with van der Waals surface area (Å²) in [6.45, 7) is 0. The molecule has 0 aliphatic carbocycles. The largest absolute Gasteiger partial charge is 0.377 e. The fourth-order valence-electron chi connectivity index (χ4n) is 2.18. The fourth-order valence-corrected chi connectivity index (χ4v) is 4.48. The molecule has 0 aromatic heterocycles. The maximum atomic E-state index is 4.62. The van der Waals surface area contributed by atoms with Crippen molar-refractivity contribution in [2.24, 2.45) is 11.5 Å². The number of rotatable bonds is 3. The molecule has 3 rings (SSSR count).